The van der Waals surface area contributed by atoms with Gasteiger partial charge in [0.15, 0.2) is 17.4 Å². The lowest BCUT2D eigenvalue weighted by Crippen LogP contribution is -2.14. The minimum absolute atomic E-state index is 0.0316. The Kier molecular flexibility index (Phi) is 3.96. The molecule has 0 fully saturated rings. The first-order valence-electron chi connectivity index (χ1n) is 5.64. The molecule has 2 aromatic rings. The summed E-state index contributed by atoms with van der Waals surface area (Å²) in [7, 11) is 0. The van der Waals surface area contributed by atoms with E-state index < -0.39 is 11.6 Å². The molecule has 2 N–H and O–H groups in total. The number of aromatic nitrogens is 3. The number of hydrogen-bond acceptors (Lipinski definition) is 4. The Hall–Kier alpha value is -2.15. The highest BCUT2D eigenvalue weighted by Gasteiger charge is 2.12. The van der Waals surface area contributed by atoms with Crippen LogP contribution < -0.4 is 5.73 Å². The summed E-state index contributed by atoms with van der Waals surface area (Å²) in [6.07, 6.45) is 1.35. The van der Waals surface area contributed by atoms with Gasteiger partial charge < -0.3 is 5.73 Å². The number of ketones is 1. The van der Waals surface area contributed by atoms with Gasteiger partial charge in [0.25, 0.3) is 0 Å². The molecule has 0 spiro atoms. The Balaban J connectivity index is 2.03. The summed E-state index contributed by atoms with van der Waals surface area (Å²) in [5.41, 5.74) is 5.95. The van der Waals surface area contributed by atoms with E-state index in [4.69, 9.17) is 5.73 Å². The molecule has 0 atom stereocenters. The van der Waals surface area contributed by atoms with Gasteiger partial charge in [0, 0.05) is 13.0 Å². The van der Waals surface area contributed by atoms with Gasteiger partial charge in [0.2, 0.25) is 0 Å². The fourth-order valence-electron chi connectivity index (χ4n) is 1.64. The van der Waals surface area contributed by atoms with Crippen LogP contribution in [0.5, 0.6) is 0 Å². The maximum Gasteiger partial charge on any atom is 0.162 e. The van der Waals surface area contributed by atoms with E-state index in [0.717, 1.165) is 6.07 Å². The van der Waals surface area contributed by atoms with E-state index in [9.17, 15) is 13.6 Å². The van der Waals surface area contributed by atoms with Crippen molar-refractivity contribution < 1.29 is 13.6 Å². The van der Waals surface area contributed by atoms with Crippen molar-refractivity contribution in [2.45, 2.75) is 19.5 Å². The predicted octanol–water partition coefficient (Wildman–Crippen LogP) is 0.827. The van der Waals surface area contributed by atoms with Crippen LogP contribution in [0.15, 0.2) is 24.4 Å². The number of nitrogens with two attached hydrogens (primary N) is 1. The second kappa shape index (κ2) is 5.66. The summed E-state index contributed by atoms with van der Waals surface area (Å²) in [6, 6.07) is 3.75. The lowest BCUT2D eigenvalue weighted by Gasteiger charge is -2.03. The maximum atomic E-state index is 13.4. The summed E-state index contributed by atoms with van der Waals surface area (Å²) in [5, 5.41) is 7.43. The number of hydrogen-bond donors (Lipinski definition) is 1. The van der Waals surface area contributed by atoms with Crippen molar-refractivity contribution in [1.29, 1.82) is 0 Å². The number of halogens is 2. The highest BCUT2D eigenvalue weighted by Crippen LogP contribution is 2.12. The normalized spacial score (nSPS) is 10.7. The summed E-state index contributed by atoms with van der Waals surface area (Å²) >= 11 is 0. The minimum Gasteiger partial charge on any atom is -0.325 e. The van der Waals surface area contributed by atoms with Crippen molar-refractivity contribution in [3.63, 3.8) is 0 Å². The van der Waals surface area contributed by atoms with Crippen LogP contribution in [0.1, 0.15) is 11.3 Å². The predicted molar refractivity (Wildman–Crippen MR) is 63.0 cm³/mol. The summed E-state index contributed by atoms with van der Waals surface area (Å²) in [6.45, 7) is 0.176. The van der Waals surface area contributed by atoms with Crippen LogP contribution in [0.4, 0.5) is 8.78 Å². The third-order valence-electron chi connectivity index (χ3n) is 2.55. The Morgan fingerprint density at radius 3 is 2.84 bits per heavy atom. The van der Waals surface area contributed by atoms with Crippen molar-refractivity contribution in [2.24, 2.45) is 5.73 Å². The van der Waals surface area contributed by atoms with E-state index in [0.29, 0.717) is 5.69 Å². The van der Waals surface area contributed by atoms with E-state index in [2.05, 4.69) is 10.3 Å². The monoisotopic (exact) mass is 266 g/mol. The number of carbonyl (C=O) groups is 1. The summed E-state index contributed by atoms with van der Waals surface area (Å²) < 4.78 is 27.7. The topological polar surface area (TPSA) is 73.8 Å². The molecule has 1 aromatic heterocycles. The average molecular weight is 266 g/mol. The largest absolute Gasteiger partial charge is 0.325 e. The van der Waals surface area contributed by atoms with Crippen molar-refractivity contribution >= 4 is 5.78 Å². The Morgan fingerprint density at radius 2 is 2.16 bits per heavy atom. The first kappa shape index (κ1) is 13.3. The van der Waals surface area contributed by atoms with Crippen LogP contribution in [0.25, 0.3) is 0 Å². The van der Waals surface area contributed by atoms with Gasteiger partial charge >= 0.3 is 0 Å². The molecule has 0 aliphatic rings. The molecule has 5 nitrogen and oxygen atoms in total. The lowest BCUT2D eigenvalue weighted by molar-refractivity contribution is -0.119. The zero-order valence-corrected chi connectivity index (χ0v) is 10.0. The van der Waals surface area contributed by atoms with E-state index in [1.807, 2.05) is 0 Å². The van der Waals surface area contributed by atoms with Crippen LogP contribution >= 0.6 is 0 Å². The molecule has 0 aliphatic heterocycles. The SMILES string of the molecule is NCc1cn(CC(=O)Cc2cccc(F)c2F)nn1. The lowest BCUT2D eigenvalue weighted by atomic mass is 10.1. The van der Waals surface area contributed by atoms with E-state index in [1.165, 1.54) is 16.8 Å². The van der Waals surface area contributed by atoms with Gasteiger partial charge in [-0.25, -0.2) is 13.5 Å². The molecule has 1 heterocycles. The van der Waals surface area contributed by atoms with Gasteiger partial charge in [0.05, 0.1) is 11.9 Å². The number of nitrogens with zero attached hydrogens (tertiary/aromatic N) is 3. The molecule has 7 heteroatoms. The summed E-state index contributed by atoms with van der Waals surface area (Å²) in [5.74, 6) is -2.24. The third-order valence-corrected chi connectivity index (χ3v) is 2.55. The third kappa shape index (κ3) is 3.19. The zero-order chi connectivity index (χ0) is 13.8. The molecule has 0 amide bonds. The molecule has 100 valence electrons. The van der Waals surface area contributed by atoms with Crippen molar-refractivity contribution in [2.75, 3.05) is 0 Å². The van der Waals surface area contributed by atoms with Crippen molar-refractivity contribution in [3.05, 3.63) is 47.3 Å². The Bertz CT molecular complexity index is 597. The number of rotatable bonds is 5. The number of Topliss-reactive ketones (excluding diaryl/α,β-unsaturated/α-hetero) is 1. The summed E-state index contributed by atoms with van der Waals surface area (Å²) in [4.78, 5) is 11.7. The highest BCUT2D eigenvalue weighted by atomic mass is 19.2. The molecule has 0 radical (unpaired) electrons. The molecule has 0 saturated heterocycles. The highest BCUT2D eigenvalue weighted by molar-refractivity contribution is 5.80. The molecule has 0 unspecified atom stereocenters. The number of benzene rings is 1. The Morgan fingerprint density at radius 1 is 1.37 bits per heavy atom. The first-order chi connectivity index (χ1) is 9.10. The van der Waals surface area contributed by atoms with Gasteiger partial charge in [-0.1, -0.05) is 17.3 Å². The van der Waals surface area contributed by atoms with Gasteiger partial charge in [0.1, 0.15) is 6.54 Å². The van der Waals surface area contributed by atoms with Crippen LogP contribution in [0.2, 0.25) is 0 Å². The van der Waals surface area contributed by atoms with E-state index in [1.54, 1.807) is 6.20 Å². The average Bonchev–Trinajstić information content (AvgIpc) is 2.82. The van der Waals surface area contributed by atoms with E-state index >= 15 is 0 Å². The van der Waals surface area contributed by atoms with Crippen LogP contribution in [0.3, 0.4) is 0 Å². The number of carbonyl (C=O) groups excluding carboxylic acids is 1. The molecule has 0 bridgehead atoms. The maximum absolute atomic E-state index is 13.4. The molecule has 0 saturated carbocycles. The van der Waals surface area contributed by atoms with Gasteiger partial charge in [-0.3, -0.25) is 4.79 Å². The quantitative estimate of drug-likeness (QED) is 0.869. The second-order valence-electron chi connectivity index (χ2n) is 4.04. The van der Waals surface area contributed by atoms with Gasteiger partial charge in [-0.2, -0.15) is 0 Å². The van der Waals surface area contributed by atoms with Crippen LogP contribution in [0, 0.1) is 11.6 Å². The van der Waals surface area contributed by atoms with Gasteiger partial charge in [-0.15, -0.1) is 5.10 Å². The molecule has 0 aliphatic carbocycles. The van der Waals surface area contributed by atoms with Crippen molar-refractivity contribution in [1.82, 2.24) is 15.0 Å². The van der Waals surface area contributed by atoms with Crippen molar-refractivity contribution in [3.8, 4) is 0 Å². The zero-order valence-electron chi connectivity index (χ0n) is 10.0. The molecule has 1 aromatic carbocycles. The Labute approximate surface area is 108 Å². The molecular weight excluding hydrogens is 254 g/mol. The van der Waals surface area contributed by atoms with Crippen LogP contribution in [-0.2, 0) is 24.3 Å². The second-order valence-corrected chi connectivity index (χ2v) is 4.04. The standard InChI is InChI=1S/C12H12F2N4O/c13-11-3-1-2-8(12(11)14)4-10(19)7-18-6-9(5-15)16-17-18/h1-3,6H,4-5,7,15H2. The fraction of sp³-hybridized carbons (Fsp3) is 0.250. The van der Waals surface area contributed by atoms with Gasteiger partial charge in [-0.05, 0) is 11.6 Å². The molecule has 19 heavy (non-hydrogen) atoms. The van der Waals surface area contributed by atoms with E-state index in [-0.39, 0.29) is 30.9 Å². The molecular formula is C12H12F2N4O. The molecule has 2 rings (SSSR count). The first-order valence-corrected chi connectivity index (χ1v) is 5.64. The fourth-order valence-corrected chi connectivity index (χ4v) is 1.64. The van der Waals surface area contributed by atoms with Crippen LogP contribution in [-0.4, -0.2) is 20.8 Å². The smallest absolute Gasteiger partial charge is 0.162 e. The minimum atomic E-state index is -0.989.